The van der Waals surface area contributed by atoms with Gasteiger partial charge in [0.1, 0.15) is 12.4 Å². The fourth-order valence-corrected chi connectivity index (χ4v) is 2.33. The Morgan fingerprint density at radius 3 is 2.58 bits per heavy atom. The molecule has 0 bridgehead atoms. The molecule has 0 unspecified atom stereocenters. The minimum atomic E-state index is -0.251. The normalized spacial score (nSPS) is 10.8. The molecule has 0 spiro atoms. The van der Waals surface area contributed by atoms with Crippen molar-refractivity contribution in [3.05, 3.63) is 71.3 Å². The Kier molecular flexibility index (Phi) is 7.09. The maximum atomic E-state index is 11.6. The molecule has 2 aromatic carbocycles. The van der Waals surface area contributed by atoms with Crippen LogP contribution in [-0.4, -0.2) is 13.1 Å². The Balaban J connectivity index is 2.16. The maximum absolute atomic E-state index is 11.6. The van der Waals surface area contributed by atoms with Crippen LogP contribution >= 0.6 is 0 Å². The smallest absolute Gasteiger partial charge is 0.309 e. The number of benzene rings is 2. The summed E-state index contributed by atoms with van der Waals surface area (Å²) in [6.07, 6.45) is 6.59. The second-order valence-corrected chi connectivity index (χ2v) is 5.63. The van der Waals surface area contributed by atoms with E-state index in [1.54, 1.807) is 0 Å². The van der Waals surface area contributed by atoms with Crippen LogP contribution in [0.15, 0.2) is 54.6 Å². The highest BCUT2D eigenvalue weighted by Gasteiger charge is 2.07. The monoisotopic (exact) mass is 324 g/mol. The van der Waals surface area contributed by atoms with Crippen LogP contribution in [-0.2, 0) is 22.6 Å². The minimum Gasteiger partial charge on any atom is -0.489 e. The summed E-state index contributed by atoms with van der Waals surface area (Å²) in [5, 5.41) is 0. The molecular formula is C21H24O3. The standard InChI is InChI=1S/C21H24O3/c1-3-4-6-11-18-12-19(15-21(22)23-2)14-20(13-18)24-16-17-9-7-5-8-10-17/h5-14H,3-4,15-16H2,1-2H3. The van der Waals surface area contributed by atoms with Crippen molar-refractivity contribution in [2.75, 3.05) is 7.11 Å². The van der Waals surface area contributed by atoms with Crippen molar-refractivity contribution in [3.8, 4) is 5.75 Å². The lowest BCUT2D eigenvalue weighted by Gasteiger charge is -2.10. The fourth-order valence-electron chi connectivity index (χ4n) is 2.33. The zero-order valence-corrected chi connectivity index (χ0v) is 14.3. The largest absolute Gasteiger partial charge is 0.489 e. The van der Waals surface area contributed by atoms with E-state index in [1.165, 1.54) is 7.11 Å². The fraction of sp³-hybridized carbons (Fsp3) is 0.286. The number of carbonyl (C=O) groups excluding carboxylic acids is 1. The first-order chi connectivity index (χ1) is 11.7. The first-order valence-corrected chi connectivity index (χ1v) is 8.25. The first kappa shape index (κ1) is 17.8. The third-order valence-corrected chi connectivity index (χ3v) is 3.58. The molecule has 0 saturated carbocycles. The van der Waals surface area contributed by atoms with Gasteiger partial charge >= 0.3 is 5.97 Å². The molecule has 24 heavy (non-hydrogen) atoms. The molecule has 0 N–H and O–H groups in total. The van der Waals surface area contributed by atoms with Gasteiger partial charge in [-0.05, 0) is 35.2 Å². The predicted molar refractivity (Wildman–Crippen MR) is 96.9 cm³/mol. The van der Waals surface area contributed by atoms with Crippen LogP contribution in [0.2, 0.25) is 0 Å². The molecule has 0 aliphatic rings. The number of esters is 1. The molecule has 0 atom stereocenters. The summed E-state index contributed by atoms with van der Waals surface area (Å²) in [6.45, 7) is 2.65. The summed E-state index contributed by atoms with van der Waals surface area (Å²) in [5.74, 6) is 0.509. The van der Waals surface area contributed by atoms with Gasteiger partial charge in [-0.25, -0.2) is 0 Å². The van der Waals surface area contributed by atoms with E-state index < -0.39 is 0 Å². The molecule has 0 fully saturated rings. The van der Waals surface area contributed by atoms with Gasteiger partial charge in [0.05, 0.1) is 13.5 Å². The molecule has 2 aromatic rings. The first-order valence-electron chi connectivity index (χ1n) is 8.25. The van der Waals surface area contributed by atoms with Crippen molar-refractivity contribution in [1.82, 2.24) is 0 Å². The van der Waals surface area contributed by atoms with Gasteiger partial charge in [0.15, 0.2) is 0 Å². The van der Waals surface area contributed by atoms with Crippen molar-refractivity contribution < 1.29 is 14.3 Å². The average molecular weight is 324 g/mol. The third-order valence-electron chi connectivity index (χ3n) is 3.58. The van der Waals surface area contributed by atoms with Gasteiger partial charge in [-0.2, -0.15) is 0 Å². The molecule has 3 nitrogen and oxygen atoms in total. The summed E-state index contributed by atoms with van der Waals surface area (Å²) < 4.78 is 10.7. The van der Waals surface area contributed by atoms with Crippen molar-refractivity contribution in [2.45, 2.75) is 32.8 Å². The van der Waals surface area contributed by atoms with Crippen LogP contribution in [0.5, 0.6) is 5.75 Å². The maximum Gasteiger partial charge on any atom is 0.309 e. The van der Waals surface area contributed by atoms with Gasteiger partial charge in [0.2, 0.25) is 0 Å². The van der Waals surface area contributed by atoms with Crippen LogP contribution in [0.25, 0.3) is 6.08 Å². The quantitative estimate of drug-likeness (QED) is 0.655. The van der Waals surface area contributed by atoms with E-state index in [-0.39, 0.29) is 12.4 Å². The summed E-state index contributed by atoms with van der Waals surface area (Å²) >= 11 is 0. The van der Waals surface area contributed by atoms with E-state index in [2.05, 4.69) is 19.1 Å². The molecule has 3 heteroatoms. The van der Waals surface area contributed by atoms with Gasteiger partial charge < -0.3 is 9.47 Å². The topological polar surface area (TPSA) is 35.5 Å². The molecule has 0 aliphatic heterocycles. The SMILES string of the molecule is CCCC=Cc1cc(CC(=O)OC)cc(OCc2ccccc2)c1. The van der Waals surface area contributed by atoms with E-state index in [9.17, 15) is 4.79 Å². The second kappa shape index (κ2) is 9.56. The summed E-state index contributed by atoms with van der Waals surface area (Å²) in [5.41, 5.74) is 3.04. The molecule has 0 heterocycles. The number of rotatable bonds is 8. The number of allylic oxidation sites excluding steroid dienone is 1. The Bertz CT molecular complexity index is 675. The van der Waals surface area contributed by atoms with Crippen LogP contribution in [0, 0.1) is 0 Å². The Labute approximate surface area is 143 Å². The van der Waals surface area contributed by atoms with Crippen molar-refractivity contribution in [2.24, 2.45) is 0 Å². The highest BCUT2D eigenvalue weighted by Crippen LogP contribution is 2.21. The number of methoxy groups -OCH3 is 1. The van der Waals surface area contributed by atoms with Crippen LogP contribution in [0.3, 0.4) is 0 Å². The van der Waals surface area contributed by atoms with Gasteiger partial charge in [0.25, 0.3) is 0 Å². The highest BCUT2D eigenvalue weighted by atomic mass is 16.5. The highest BCUT2D eigenvalue weighted by molar-refractivity contribution is 5.73. The van der Waals surface area contributed by atoms with Crippen molar-refractivity contribution in [3.63, 3.8) is 0 Å². The lowest BCUT2D eigenvalue weighted by molar-refractivity contribution is -0.139. The second-order valence-electron chi connectivity index (χ2n) is 5.63. The van der Waals surface area contributed by atoms with Gasteiger partial charge in [0, 0.05) is 0 Å². The Morgan fingerprint density at radius 2 is 1.88 bits per heavy atom. The van der Waals surface area contributed by atoms with Gasteiger partial charge in [-0.1, -0.05) is 61.9 Å². The number of hydrogen-bond acceptors (Lipinski definition) is 3. The van der Waals surface area contributed by atoms with Crippen LogP contribution in [0.4, 0.5) is 0 Å². The van der Waals surface area contributed by atoms with E-state index >= 15 is 0 Å². The van der Waals surface area contributed by atoms with Crippen molar-refractivity contribution >= 4 is 12.0 Å². The number of unbranched alkanes of at least 4 members (excludes halogenated alkanes) is 1. The average Bonchev–Trinajstić information content (AvgIpc) is 2.61. The molecule has 2 rings (SSSR count). The van der Waals surface area contributed by atoms with Gasteiger partial charge in [-0.3, -0.25) is 4.79 Å². The third kappa shape index (κ3) is 5.92. The Hall–Kier alpha value is -2.55. The van der Waals surface area contributed by atoms with Gasteiger partial charge in [-0.15, -0.1) is 0 Å². The number of carbonyl (C=O) groups is 1. The Morgan fingerprint density at radius 1 is 1.08 bits per heavy atom. The van der Waals surface area contributed by atoms with E-state index in [4.69, 9.17) is 9.47 Å². The zero-order chi connectivity index (χ0) is 17.2. The molecule has 0 aromatic heterocycles. The number of ether oxygens (including phenoxy) is 2. The van der Waals surface area contributed by atoms with Crippen LogP contribution < -0.4 is 4.74 Å². The molecule has 126 valence electrons. The summed E-state index contributed by atoms with van der Waals surface area (Å²) in [4.78, 5) is 11.6. The molecular weight excluding hydrogens is 300 g/mol. The summed E-state index contributed by atoms with van der Waals surface area (Å²) in [7, 11) is 1.40. The lowest BCUT2D eigenvalue weighted by Crippen LogP contribution is -2.05. The number of hydrogen-bond donors (Lipinski definition) is 0. The molecule has 0 amide bonds. The lowest BCUT2D eigenvalue weighted by atomic mass is 10.1. The zero-order valence-electron chi connectivity index (χ0n) is 14.3. The molecule has 0 saturated heterocycles. The van der Waals surface area contributed by atoms with Crippen molar-refractivity contribution in [1.29, 1.82) is 0 Å². The van der Waals surface area contributed by atoms with E-state index in [0.29, 0.717) is 6.61 Å². The molecule has 0 radical (unpaired) electrons. The summed E-state index contributed by atoms with van der Waals surface area (Å²) in [6, 6.07) is 15.9. The van der Waals surface area contributed by atoms with E-state index in [0.717, 1.165) is 35.3 Å². The molecule has 0 aliphatic carbocycles. The predicted octanol–water partition coefficient (Wildman–Crippen LogP) is 4.79. The van der Waals surface area contributed by atoms with Crippen LogP contribution in [0.1, 0.15) is 36.5 Å². The van der Waals surface area contributed by atoms with E-state index in [1.807, 2.05) is 48.5 Å². The minimum absolute atomic E-state index is 0.244.